The van der Waals surface area contributed by atoms with Gasteiger partial charge in [0.2, 0.25) is 5.91 Å². The van der Waals surface area contributed by atoms with E-state index in [1.807, 2.05) is 66.0 Å². The molecule has 0 saturated heterocycles. The molecule has 0 aliphatic rings. The van der Waals surface area contributed by atoms with E-state index < -0.39 is 23.9 Å². The third kappa shape index (κ3) is 5.60. The standard InChI is InChI=1S/C18H18F3NOS/c1-13(17(23)22-12-18(19,20)21)24-16(14-8-4-2-5-9-14)15-10-6-3-7-11-15/h2-11,13,16H,12H2,1H3,(H,22,23). The van der Waals surface area contributed by atoms with Gasteiger partial charge in [-0.25, -0.2) is 0 Å². The molecule has 0 aliphatic carbocycles. The maximum Gasteiger partial charge on any atom is 0.405 e. The van der Waals surface area contributed by atoms with E-state index in [4.69, 9.17) is 0 Å². The number of alkyl halides is 3. The van der Waals surface area contributed by atoms with Gasteiger partial charge in [-0.3, -0.25) is 4.79 Å². The molecular weight excluding hydrogens is 335 g/mol. The molecule has 0 aromatic heterocycles. The Balaban J connectivity index is 2.13. The number of carbonyl (C=O) groups excluding carboxylic acids is 1. The molecule has 2 aromatic rings. The summed E-state index contributed by atoms with van der Waals surface area (Å²) in [7, 11) is 0. The van der Waals surface area contributed by atoms with Crippen LogP contribution in [0.25, 0.3) is 0 Å². The summed E-state index contributed by atoms with van der Waals surface area (Å²) in [6, 6.07) is 19.2. The lowest BCUT2D eigenvalue weighted by Crippen LogP contribution is -2.38. The van der Waals surface area contributed by atoms with E-state index >= 15 is 0 Å². The fourth-order valence-corrected chi connectivity index (χ4v) is 3.45. The molecule has 1 N–H and O–H groups in total. The first-order valence-electron chi connectivity index (χ1n) is 7.46. The van der Waals surface area contributed by atoms with Crippen LogP contribution in [-0.2, 0) is 4.79 Å². The lowest BCUT2D eigenvalue weighted by molar-refractivity contribution is -0.137. The zero-order valence-corrected chi connectivity index (χ0v) is 13.9. The van der Waals surface area contributed by atoms with Crippen molar-refractivity contribution in [3.8, 4) is 0 Å². The average molecular weight is 353 g/mol. The van der Waals surface area contributed by atoms with Gasteiger partial charge in [-0.2, -0.15) is 13.2 Å². The van der Waals surface area contributed by atoms with Crippen LogP contribution in [0.3, 0.4) is 0 Å². The molecule has 1 amide bonds. The Kier molecular flexibility index (Phi) is 6.31. The Morgan fingerprint density at radius 1 is 1.00 bits per heavy atom. The van der Waals surface area contributed by atoms with Crippen molar-refractivity contribution in [3.63, 3.8) is 0 Å². The predicted octanol–water partition coefficient (Wildman–Crippen LogP) is 4.58. The first-order chi connectivity index (χ1) is 11.4. The minimum atomic E-state index is -4.40. The van der Waals surface area contributed by atoms with Crippen LogP contribution in [0, 0.1) is 0 Å². The molecule has 128 valence electrons. The summed E-state index contributed by atoms with van der Waals surface area (Å²) in [5.41, 5.74) is 2.01. The third-order valence-corrected chi connectivity index (χ3v) is 4.82. The Hall–Kier alpha value is -1.95. The number of halogens is 3. The number of amides is 1. The van der Waals surface area contributed by atoms with Crippen molar-refractivity contribution in [2.75, 3.05) is 6.54 Å². The van der Waals surface area contributed by atoms with E-state index in [0.717, 1.165) is 11.1 Å². The zero-order valence-electron chi connectivity index (χ0n) is 13.1. The Labute approximate surface area is 143 Å². The number of rotatable bonds is 6. The van der Waals surface area contributed by atoms with Crippen molar-refractivity contribution in [3.05, 3.63) is 71.8 Å². The van der Waals surface area contributed by atoms with Crippen LogP contribution in [0.15, 0.2) is 60.7 Å². The minimum Gasteiger partial charge on any atom is -0.346 e. The van der Waals surface area contributed by atoms with Gasteiger partial charge >= 0.3 is 6.18 Å². The summed E-state index contributed by atoms with van der Waals surface area (Å²) in [4.78, 5) is 12.0. The maximum absolute atomic E-state index is 12.3. The molecule has 0 radical (unpaired) electrons. The predicted molar refractivity (Wildman–Crippen MR) is 90.8 cm³/mol. The average Bonchev–Trinajstić information content (AvgIpc) is 2.58. The van der Waals surface area contributed by atoms with Crippen molar-refractivity contribution in [2.24, 2.45) is 0 Å². The van der Waals surface area contributed by atoms with Crippen LogP contribution < -0.4 is 5.32 Å². The highest BCUT2D eigenvalue weighted by molar-refractivity contribution is 8.01. The molecule has 0 saturated carbocycles. The quantitative estimate of drug-likeness (QED) is 0.824. The smallest absolute Gasteiger partial charge is 0.346 e. The molecule has 24 heavy (non-hydrogen) atoms. The van der Waals surface area contributed by atoms with E-state index in [1.54, 1.807) is 6.92 Å². The third-order valence-electron chi connectivity index (χ3n) is 3.38. The first kappa shape index (κ1) is 18.4. The lowest BCUT2D eigenvalue weighted by Gasteiger charge is -2.21. The van der Waals surface area contributed by atoms with E-state index in [-0.39, 0.29) is 5.25 Å². The molecule has 2 rings (SSSR count). The van der Waals surface area contributed by atoms with Gasteiger partial charge in [0.15, 0.2) is 0 Å². The largest absolute Gasteiger partial charge is 0.405 e. The second-order valence-corrected chi connectivity index (χ2v) is 6.76. The highest BCUT2D eigenvalue weighted by Gasteiger charge is 2.29. The number of thioether (sulfide) groups is 1. The minimum absolute atomic E-state index is 0.126. The monoisotopic (exact) mass is 353 g/mol. The van der Waals surface area contributed by atoms with E-state index in [9.17, 15) is 18.0 Å². The van der Waals surface area contributed by atoms with Gasteiger partial charge in [-0.1, -0.05) is 60.7 Å². The molecule has 2 aromatic carbocycles. The Bertz CT molecular complexity index is 607. The van der Waals surface area contributed by atoms with Gasteiger partial charge in [-0.05, 0) is 18.1 Å². The molecule has 0 spiro atoms. The Morgan fingerprint density at radius 2 is 1.46 bits per heavy atom. The van der Waals surface area contributed by atoms with Gasteiger partial charge in [0.1, 0.15) is 6.54 Å². The van der Waals surface area contributed by atoms with Crippen LogP contribution in [0.2, 0.25) is 0 Å². The number of hydrogen-bond acceptors (Lipinski definition) is 2. The highest BCUT2D eigenvalue weighted by Crippen LogP contribution is 2.38. The molecule has 2 nitrogen and oxygen atoms in total. The fraction of sp³-hybridized carbons (Fsp3) is 0.278. The molecule has 0 bridgehead atoms. The van der Waals surface area contributed by atoms with Crippen LogP contribution >= 0.6 is 11.8 Å². The SMILES string of the molecule is CC(SC(c1ccccc1)c1ccccc1)C(=O)NCC(F)(F)F. The van der Waals surface area contributed by atoms with Gasteiger partial charge in [-0.15, -0.1) is 11.8 Å². The number of nitrogens with one attached hydrogen (secondary N) is 1. The Morgan fingerprint density at radius 3 is 1.88 bits per heavy atom. The second-order valence-electron chi connectivity index (χ2n) is 5.31. The highest BCUT2D eigenvalue weighted by atomic mass is 32.2. The second kappa shape index (κ2) is 8.24. The summed E-state index contributed by atoms with van der Waals surface area (Å²) < 4.78 is 36.8. The van der Waals surface area contributed by atoms with Crippen molar-refractivity contribution in [1.82, 2.24) is 5.32 Å². The van der Waals surface area contributed by atoms with Gasteiger partial charge in [0.25, 0.3) is 0 Å². The molecular formula is C18H18F3NOS. The maximum atomic E-state index is 12.3. The molecule has 1 unspecified atom stereocenters. The van der Waals surface area contributed by atoms with Crippen molar-refractivity contribution in [1.29, 1.82) is 0 Å². The van der Waals surface area contributed by atoms with Crippen LogP contribution in [0.1, 0.15) is 23.3 Å². The van der Waals surface area contributed by atoms with Gasteiger partial charge in [0, 0.05) is 0 Å². The van der Waals surface area contributed by atoms with Crippen LogP contribution in [-0.4, -0.2) is 23.9 Å². The lowest BCUT2D eigenvalue weighted by atomic mass is 10.0. The zero-order chi connectivity index (χ0) is 17.6. The molecule has 0 aliphatic heterocycles. The van der Waals surface area contributed by atoms with Crippen molar-refractivity contribution in [2.45, 2.75) is 23.6 Å². The van der Waals surface area contributed by atoms with Gasteiger partial charge in [0.05, 0.1) is 10.5 Å². The number of hydrogen-bond donors (Lipinski definition) is 1. The topological polar surface area (TPSA) is 29.1 Å². The normalized spacial score (nSPS) is 12.9. The molecule has 6 heteroatoms. The summed E-state index contributed by atoms with van der Waals surface area (Å²) >= 11 is 1.33. The number of benzene rings is 2. The summed E-state index contributed by atoms with van der Waals surface area (Å²) in [5, 5.41) is 1.21. The number of carbonyl (C=O) groups is 1. The molecule has 1 atom stereocenters. The fourth-order valence-electron chi connectivity index (χ4n) is 2.20. The van der Waals surface area contributed by atoms with E-state index in [0.29, 0.717) is 0 Å². The summed E-state index contributed by atoms with van der Waals surface area (Å²) in [5.74, 6) is -0.616. The van der Waals surface area contributed by atoms with Crippen molar-refractivity contribution < 1.29 is 18.0 Å². The van der Waals surface area contributed by atoms with Crippen molar-refractivity contribution >= 4 is 17.7 Å². The molecule has 0 fully saturated rings. The van der Waals surface area contributed by atoms with Crippen LogP contribution in [0.5, 0.6) is 0 Å². The van der Waals surface area contributed by atoms with E-state index in [1.165, 1.54) is 11.8 Å². The molecule has 0 heterocycles. The van der Waals surface area contributed by atoms with Crippen LogP contribution in [0.4, 0.5) is 13.2 Å². The first-order valence-corrected chi connectivity index (χ1v) is 8.41. The van der Waals surface area contributed by atoms with E-state index in [2.05, 4.69) is 0 Å². The summed E-state index contributed by atoms with van der Waals surface area (Å²) in [6.07, 6.45) is -4.40. The summed E-state index contributed by atoms with van der Waals surface area (Å²) in [6.45, 7) is 0.313. The van der Waals surface area contributed by atoms with Gasteiger partial charge < -0.3 is 5.32 Å².